The van der Waals surface area contributed by atoms with Gasteiger partial charge < -0.3 is 20.6 Å². The molecule has 0 radical (unpaired) electrons. The van der Waals surface area contributed by atoms with Crippen LogP contribution in [0.1, 0.15) is 25.3 Å². The molecule has 0 saturated carbocycles. The van der Waals surface area contributed by atoms with Crippen molar-refractivity contribution in [3.05, 3.63) is 66.2 Å². The van der Waals surface area contributed by atoms with E-state index in [-0.39, 0.29) is 0 Å². The van der Waals surface area contributed by atoms with Gasteiger partial charge in [0.2, 0.25) is 0 Å². The fraction of sp³-hybridized carbons (Fsp3) is 0.435. The lowest BCUT2D eigenvalue weighted by Crippen LogP contribution is -2.51. The lowest BCUT2D eigenvalue weighted by molar-refractivity contribution is 0.183. The van der Waals surface area contributed by atoms with Gasteiger partial charge in [0.1, 0.15) is 0 Å². The molecule has 1 fully saturated rings. The average Bonchev–Trinajstić information content (AvgIpc) is 2.74. The summed E-state index contributed by atoms with van der Waals surface area (Å²) in [6.45, 7) is 5.30. The molecule has 0 aliphatic carbocycles. The highest BCUT2D eigenvalue weighted by Crippen LogP contribution is 2.19. The number of hydrogen-bond donors (Lipinski definition) is 3. The first-order chi connectivity index (χ1) is 13.7. The molecule has 2 aromatic rings. The minimum absolute atomic E-state index is 0.345. The summed E-state index contributed by atoms with van der Waals surface area (Å²) in [4.78, 5) is 7.05. The maximum absolute atomic E-state index is 10.3. The quantitative estimate of drug-likeness (QED) is 0.511. The smallest absolute Gasteiger partial charge is 0.191 e. The van der Waals surface area contributed by atoms with Crippen LogP contribution in [0, 0.1) is 0 Å². The van der Waals surface area contributed by atoms with Crippen LogP contribution >= 0.6 is 0 Å². The van der Waals surface area contributed by atoms with Crippen molar-refractivity contribution in [3.63, 3.8) is 0 Å². The second kappa shape index (κ2) is 10.7. The summed E-state index contributed by atoms with van der Waals surface area (Å²) in [6.07, 6.45) is 2.42. The highest BCUT2D eigenvalue weighted by atomic mass is 16.3. The van der Waals surface area contributed by atoms with E-state index in [4.69, 9.17) is 0 Å². The van der Waals surface area contributed by atoms with Crippen LogP contribution in [-0.2, 0) is 6.42 Å². The number of hydrogen-bond acceptors (Lipinski definition) is 3. The van der Waals surface area contributed by atoms with E-state index in [0.717, 1.165) is 44.0 Å². The second-order valence-corrected chi connectivity index (χ2v) is 7.33. The van der Waals surface area contributed by atoms with E-state index < -0.39 is 6.10 Å². The van der Waals surface area contributed by atoms with Crippen molar-refractivity contribution >= 4 is 11.6 Å². The van der Waals surface area contributed by atoms with E-state index in [1.165, 1.54) is 5.69 Å². The van der Waals surface area contributed by atoms with Crippen LogP contribution in [0.15, 0.2) is 65.7 Å². The molecular weight excluding hydrogens is 348 g/mol. The summed E-state index contributed by atoms with van der Waals surface area (Å²) in [5.41, 5.74) is 2.41. The fourth-order valence-electron chi connectivity index (χ4n) is 3.63. The molecule has 2 aromatic carbocycles. The van der Waals surface area contributed by atoms with Crippen LogP contribution in [0.5, 0.6) is 0 Å². The maximum Gasteiger partial charge on any atom is 0.191 e. The van der Waals surface area contributed by atoms with Gasteiger partial charge in [0.05, 0.1) is 12.6 Å². The summed E-state index contributed by atoms with van der Waals surface area (Å²) in [5, 5.41) is 17.2. The van der Waals surface area contributed by atoms with Gasteiger partial charge in [0, 0.05) is 37.8 Å². The van der Waals surface area contributed by atoms with E-state index in [1.54, 1.807) is 0 Å². The molecule has 2 unspecified atom stereocenters. The summed E-state index contributed by atoms with van der Waals surface area (Å²) >= 11 is 0. The number of piperidine rings is 1. The number of nitrogens with zero attached hydrogens (tertiary/aromatic N) is 2. The van der Waals surface area contributed by atoms with Crippen LogP contribution < -0.4 is 15.5 Å². The summed E-state index contributed by atoms with van der Waals surface area (Å²) in [6, 6.07) is 21.0. The molecule has 5 heteroatoms. The van der Waals surface area contributed by atoms with E-state index in [1.807, 2.05) is 30.3 Å². The van der Waals surface area contributed by atoms with Crippen molar-refractivity contribution < 1.29 is 5.11 Å². The van der Waals surface area contributed by atoms with Crippen molar-refractivity contribution in [2.45, 2.75) is 38.3 Å². The zero-order chi connectivity index (χ0) is 19.6. The Kier molecular flexibility index (Phi) is 7.73. The number of para-hydroxylation sites is 1. The molecule has 3 rings (SSSR count). The molecule has 1 heterocycles. The van der Waals surface area contributed by atoms with Crippen LogP contribution in [0.25, 0.3) is 0 Å². The van der Waals surface area contributed by atoms with Gasteiger partial charge in [-0.25, -0.2) is 0 Å². The lowest BCUT2D eigenvalue weighted by atomic mass is 10.0. The normalized spacial score (nSPS) is 18.6. The Bertz CT molecular complexity index is 720. The Morgan fingerprint density at radius 2 is 1.86 bits per heavy atom. The fourth-order valence-corrected chi connectivity index (χ4v) is 3.63. The van der Waals surface area contributed by atoms with Gasteiger partial charge in [-0.15, -0.1) is 0 Å². The summed E-state index contributed by atoms with van der Waals surface area (Å²) < 4.78 is 0. The molecule has 28 heavy (non-hydrogen) atoms. The van der Waals surface area contributed by atoms with Crippen molar-refractivity contribution in [1.29, 1.82) is 0 Å². The Morgan fingerprint density at radius 1 is 1.14 bits per heavy atom. The molecule has 2 atom stereocenters. The third kappa shape index (κ3) is 6.27. The first kappa shape index (κ1) is 20.2. The van der Waals surface area contributed by atoms with Gasteiger partial charge in [0.25, 0.3) is 0 Å². The molecular formula is C23H32N4O. The minimum Gasteiger partial charge on any atom is -0.391 e. The highest BCUT2D eigenvalue weighted by Gasteiger charge is 2.21. The maximum atomic E-state index is 10.3. The van der Waals surface area contributed by atoms with Gasteiger partial charge >= 0.3 is 0 Å². The Morgan fingerprint density at radius 3 is 2.57 bits per heavy atom. The second-order valence-electron chi connectivity index (χ2n) is 7.33. The average molecular weight is 381 g/mol. The molecule has 0 amide bonds. The molecule has 1 aliphatic heterocycles. The predicted octanol–water partition coefficient (Wildman–Crippen LogP) is 2.81. The Balaban J connectivity index is 1.55. The summed E-state index contributed by atoms with van der Waals surface area (Å²) in [5.74, 6) is 0.787. The number of rotatable bonds is 7. The molecule has 1 saturated heterocycles. The van der Waals surface area contributed by atoms with Crippen LogP contribution in [0.3, 0.4) is 0 Å². The van der Waals surface area contributed by atoms with Crippen LogP contribution in [-0.4, -0.2) is 49.4 Å². The van der Waals surface area contributed by atoms with E-state index in [2.05, 4.69) is 57.8 Å². The third-order valence-corrected chi connectivity index (χ3v) is 5.00. The minimum atomic E-state index is -0.481. The number of nitrogens with one attached hydrogen (secondary N) is 2. The number of benzene rings is 2. The van der Waals surface area contributed by atoms with Crippen molar-refractivity contribution in [2.75, 3.05) is 31.1 Å². The molecule has 150 valence electrons. The first-order valence-corrected chi connectivity index (χ1v) is 10.3. The molecule has 1 aliphatic rings. The van der Waals surface area contributed by atoms with E-state index in [0.29, 0.717) is 19.0 Å². The SMILES string of the molecule is CCNC(=NCC(O)Cc1ccccc1)NC1CCCN(c2ccccc2)C1. The van der Waals surface area contributed by atoms with Crippen molar-refractivity contribution in [3.8, 4) is 0 Å². The number of anilines is 1. The Hall–Kier alpha value is -2.53. The lowest BCUT2D eigenvalue weighted by Gasteiger charge is -2.35. The first-order valence-electron chi connectivity index (χ1n) is 10.3. The van der Waals surface area contributed by atoms with Gasteiger partial charge in [-0.2, -0.15) is 0 Å². The number of aliphatic hydroxyl groups is 1. The predicted molar refractivity (Wildman–Crippen MR) is 117 cm³/mol. The van der Waals surface area contributed by atoms with Gasteiger partial charge in [-0.1, -0.05) is 48.5 Å². The molecule has 0 aromatic heterocycles. The Labute approximate surface area is 168 Å². The van der Waals surface area contributed by atoms with Crippen molar-refractivity contribution in [1.82, 2.24) is 10.6 Å². The zero-order valence-corrected chi connectivity index (χ0v) is 16.7. The molecule has 0 spiro atoms. The van der Waals surface area contributed by atoms with E-state index >= 15 is 0 Å². The van der Waals surface area contributed by atoms with Gasteiger partial charge in [-0.05, 0) is 37.5 Å². The molecule has 3 N–H and O–H groups in total. The topological polar surface area (TPSA) is 59.9 Å². The standard InChI is InChI=1S/C23H32N4O/c1-2-24-23(25-17-22(28)16-19-10-5-3-6-11-19)26-20-12-9-15-27(18-20)21-13-7-4-8-14-21/h3-8,10-11,13-14,20,22,28H,2,9,12,15-18H2,1H3,(H2,24,25,26). The van der Waals surface area contributed by atoms with Gasteiger partial charge in [-0.3, -0.25) is 4.99 Å². The largest absolute Gasteiger partial charge is 0.391 e. The highest BCUT2D eigenvalue weighted by molar-refractivity contribution is 5.80. The van der Waals surface area contributed by atoms with Crippen LogP contribution in [0.4, 0.5) is 5.69 Å². The number of aliphatic hydroxyl groups excluding tert-OH is 1. The third-order valence-electron chi connectivity index (χ3n) is 5.00. The van der Waals surface area contributed by atoms with E-state index in [9.17, 15) is 5.11 Å². The molecule has 5 nitrogen and oxygen atoms in total. The van der Waals surface area contributed by atoms with Gasteiger partial charge in [0.15, 0.2) is 5.96 Å². The monoisotopic (exact) mass is 380 g/mol. The van der Waals surface area contributed by atoms with Crippen LogP contribution in [0.2, 0.25) is 0 Å². The number of guanidine groups is 1. The number of aliphatic imine (C=N–C) groups is 1. The summed E-state index contributed by atoms with van der Waals surface area (Å²) in [7, 11) is 0. The van der Waals surface area contributed by atoms with Crippen molar-refractivity contribution in [2.24, 2.45) is 4.99 Å². The molecule has 0 bridgehead atoms. The zero-order valence-electron chi connectivity index (χ0n) is 16.7.